The Hall–Kier alpha value is -0.610. The minimum absolute atomic E-state index is 0.174. The van der Waals surface area contributed by atoms with Gasteiger partial charge in [0.05, 0.1) is 12.7 Å². The molecule has 1 aliphatic heterocycles. The van der Waals surface area contributed by atoms with Crippen LogP contribution < -0.4 is 0 Å². The summed E-state index contributed by atoms with van der Waals surface area (Å²) in [4.78, 5) is 15.8. The zero-order valence-corrected chi connectivity index (χ0v) is 13.0. The smallest absolute Gasteiger partial charge is 0.222 e. The quantitative estimate of drug-likeness (QED) is 0.709. The third-order valence-corrected chi connectivity index (χ3v) is 3.68. The van der Waals surface area contributed by atoms with Gasteiger partial charge in [-0.2, -0.15) is 0 Å². The van der Waals surface area contributed by atoms with E-state index in [1.54, 1.807) is 4.90 Å². The Morgan fingerprint density at radius 1 is 1.47 bits per heavy atom. The lowest BCUT2D eigenvalue weighted by Crippen LogP contribution is -2.48. The van der Waals surface area contributed by atoms with E-state index in [1.165, 1.54) is 12.8 Å². The maximum absolute atomic E-state index is 11.6. The Balaban J connectivity index is 2.27. The fourth-order valence-corrected chi connectivity index (χ4v) is 2.49. The first-order valence-corrected chi connectivity index (χ1v) is 7.60. The Labute approximate surface area is 118 Å². The number of rotatable bonds is 7. The van der Waals surface area contributed by atoms with Crippen molar-refractivity contribution < 1.29 is 9.53 Å². The van der Waals surface area contributed by atoms with Gasteiger partial charge in [-0.3, -0.25) is 9.69 Å². The molecule has 0 saturated carbocycles. The van der Waals surface area contributed by atoms with Crippen LogP contribution in [0, 0.1) is 5.92 Å². The van der Waals surface area contributed by atoms with Crippen molar-refractivity contribution in [3.63, 3.8) is 0 Å². The number of ether oxygens (including phenoxy) is 1. The van der Waals surface area contributed by atoms with Gasteiger partial charge >= 0.3 is 0 Å². The summed E-state index contributed by atoms with van der Waals surface area (Å²) in [5, 5.41) is 0. The largest absolute Gasteiger partial charge is 0.374 e. The van der Waals surface area contributed by atoms with Crippen LogP contribution in [-0.2, 0) is 9.53 Å². The molecule has 112 valence electrons. The molecule has 0 aromatic rings. The highest BCUT2D eigenvalue weighted by atomic mass is 16.5. The van der Waals surface area contributed by atoms with E-state index in [-0.39, 0.29) is 12.0 Å². The first-order chi connectivity index (χ1) is 9.02. The second-order valence-electron chi connectivity index (χ2n) is 5.96. The molecule has 1 atom stereocenters. The van der Waals surface area contributed by atoms with Crippen molar-refractivity contribution in [2.24, 2.45) is 5.92 Å². The predicted octanol–water partition coefficient (Wildman–Crippen LogP) is 1.99. The van der Waals surface area contributed by atoms with E-state index in [0.717, 1.165) is 32.2 Å². The maximum Gasteiger partial charge on any atom is 0.222 e. The molecule has 1 saturated heterocycles. The SMILES string of the molecule is CCC(=O)N(C)C[C@@H]1CN(CCCC(C)C)CCO1. The third kappa shape index (κ3) is 6.39. The van der Waals surface area contributed by atoms with Gasteiger partial charge < -0.3 is 9.64 Å². The van der Waals surface area contributed by atoms with E-state index in [4.69, 9.17) is 4.74 Å². The summed E-state index contributed by atoms with van der Waals surface area (Å²) < 4.78 is 5.77. The molecule has 19 heavy (non-hydrogen) atoms. The average Bonchev–Trinajstić information content (AvgIpc) is 2.37. The molecule has 4 heteroatoms. The number of likely N-dealkylation sites (N-methyl/N-ethyl adjacent to an activating group) is 1. The van der Waals surface area contributed by atoms with Crippen molar-refractivity contribution in [3.05, 3.63) is 0 Å². The molecule has 0 aromatic heterocycles. The van der Waals surface area contributed by atoms with Crippen LogP contribution in [0.3, 0.4) is 0 Å². The molecule has 1 rings (SSSR count). The van der Waals surface area contributed by atoms with Crippen molar-refractivity contribution in [2.45, 2.75) is 46.1 Å². The molecule has 0 aromatic carbocycles. The highest BCUT2D eigenvalue weighted by molar-refractivity contribution is 5.75. The van der Waals surface area contributed by atoms with E-state index in [9.17, 15) is 4.79 Å². The van der Waals surface area contributed by atoms with Crippen LogP contribution in [0.1, 0.15) is 40.0 Å². The second kappa shape index (κ2) is 8.54. The van der Waals surface area contributed by atoms with Crippen molar-refractivity contribution >= 4 is 5.91 Å². The molecule has 4 nitrogen and oxygen atoms in total. The zero-order chi connectivity index (χ0) is 14.3. The molecule has 1 heterocycles. The van der Waals surface area contributed by atoms with Gasteiger partial charge in [-0.25, -0.2) is 0 Å². The Bertz CT molecular complexity index is 269. The summed E-state index contributed by atoms with van der Waals surface area (Å²) in [5.41, 5.74) is 0. The van der Waals surface area contributed by atoms with Gasteiger partial charge in [0.1, 0.15) is 0 Å². The van der Waals surface area contributed by atoms with Gasteiger partial charge in [0, 0.05) is 33.1 Å². The standard InChI is InChI=1S/C15H30N2O2/c1-5-15(18)16(4)11-14-12-17(9-10-19-14)8-6-7-13(2)3/h13-14H,5-12H2,1-4H3/t14-/m1/s1. The molecular formula is C15H30N2O2. The van der Waals surface area contributed by atoms with Crippen molar-refractivity contribution in [1.29, 1.82) is 0 Å². The molecule has 0 radical (unpaired) electrons. The minimum Gasteiger partial charge on any atom is -0.374 e. The highest BCUT2D eigenvalue weighted by Crippen LogP contribution is 2.10. The lowest BCUT2D eigenvalue weighted by molar-refractivity contribution is -0.132. The first-order valence-electron chi connectivity index (χ1n) is 7.60. The van der Waals surface area contributed by atoms with Crippen molar-refractivity contribution in [2.75, 3.05) is 39.8 Å². The van der Waals surface area contributed by atoms with Gasteiger partial charge in [-0.15, -0.1) is 0 Å². The third-order valence-electron chi connectivity index (χ3n) is 3.68. The van der Waals surface area contributed by atoms with Crippen LogP contribution in [0.4, 0.5) is 0 Å². The maximum atomic E-state index is 11.6. The summed E-state index contributed by atoms with van der Waals surface area (Å²) in [5.74, 6) is 0.977. The summed E-state index contributed by atoms with van der Waals surface area (Å²) >= 11 is 0. The van der Waals surface area contributed by atoms with Gasteiger partial charge in [0.2, 0.25) is 5.91 Å². The highest BCUT2D eigenvalue weighted by Gasteiger charge is 2.22. The second-order valence-corrected chi connectivity index (χ2v) is 5.96. The fourth-order valence-electron chi connectivity index (χ4n) is 2.49. The van der Waals surface area contributed by atoms with Crippen LogP contribution in [-0.4, -0.2) is 61.6 Å². The van der Waals surface area contributed by atoms with Crippen LogP contribution in [0.15, 0.2) is 0 Å². The monoisotopic (exact) mass is 270 g/mol. The molecule has 1 aliphatic rings. The van der Waals surface area contributed by atoms with Crippen LogP contribution >= 0.6 is 0 Å². The molecule has 1 amide bonds. The zero-order valence-electron chi connectivity index (χ0n) is 13.0. The van der Waals surface area contributed by atoms with Crippen molar-refractivity contribution in [3.8, 4) is 0 Å². The van der Waals surface area contributed by atoms with Gasteiger partial charge in [-0.1, -0.05) is 20.8 Å². The fraction of sp³-hybridized carbons (Fsp3) is 0.933. The number of morpholine rings is 1. The number of hydrogen-bond donors (Lipinski definition) is 0. The van der Waals surface area contributed by atoms with E-state index in [2.05, 4.69) is 18.7 Å². The number of carbonyl (C=O) groups excluding carboxylic acids is 1. The van der Waals surface area contributed by atoms with Crippen molar-refractivity contribution in [1.82, 2.24) is 9.80 Å². The Morgan fingerprint density at radius 3 is 2.84 bits per heavy atom. The average molecular weight is 270 g/mol. The minimum atomic E-state index is 0.174. The Morgan fingerprint density at radius 2 is 2.21 bits per heavy atom. The van der Waals surface area contributed by atoms with E-state index in [1.807, 2.05) is 14.0 Å². The Kier molecular flexibility index (Phi) is 7.39. The molecule has 0 N–H and O–H groups in total. The topological polar surface area (TPSA) is 32.8 Å². The number of carbonyl (C=O) groups is 1. The van der Waals surface area contributed by atoms with Gasteiger partial charge in [0.25, 0.3) is 0 Å². The summed E-state index contributed by atoms with van der Waals surface area (Å²) in [7, 11) is 1.87. The first kappa shape index (κ1) is 16.4. The van der Waals surface area contributed by atoms with E-state index in [0.29, 0.717) is 13.0 Å². The lowest BCUT2D eigenvalue weighted by Gasteiger charge is -2.34. The van der Waals surface area contributed by atoms with Gasteiger partial charge in [0.15, 0.2) is 0 Å². The van der Waals surface area contributed by atoms with Crippen LogP contribution in [0.25, 0.3) is 0 Å². The van der Waals surface area contributed by atoms with Crippen LogP contribution in [0.5, 0.6) is 0 Å². The van der Waals surface area contributed by atoms with E-state index >= 15 is 0 Å². The normalized spacial score (nSPS) is 20.8. The summed E-state index contributed by atoms with van der Waals surface area (Å²) in [6, 6.07) is 0. The molecular weight excluding hydrogens is 240 g/mol. The number of amides is 1. The number of hydrogen-bond acceptors (Lipinski definition) is 3. The molecule has 0 bridgehead atoms. The lowest BCUT2D eigenvalue weighted by atomic mass is 10.1. The summed E-state index contributed by atoms with van der Waals surface area (Å²) in [6.07, 6.45) is 3.29. The van der Waals surface area contributed by atoms with Gasteiger partial charge in [-0.05, 0) is 25.3 Å². The molecule has 0 spiro atoms. The molecule has 1 fully saturated rings. The number of nitrogens with zero attached hydrogens (tertiary/aromatic N) is 2. The van der Waals surface area contributed by atoms with E-state index < -0.39 is 0 Å². The molecule has 0 aliphatic carbocycles. The summed E-state index contributed by atoms with van der Waals surface area (Å²) in [6.45, 7) is 11.1. The van der Waals surface area contributed by atoms with Crippen LogP contribution in [0.2, 0.25) is 0 Å². The molecule has 0 unspecified atom stereocenters. The predicted molar refractivity (Wildman–Crippen MR) is 78.2 cm³/mol.